The first-order valence-electron chi connectivity index (χ1n) is 7.42. The van der Waals surface area contributed by atoms with E-state index < -0.39 is 10.0 Å². The molecule has 1 saturated heterocycles. The SMILES string of the molecule is CCCC(CN)N1CCN(S(=O)(=O)c2cnn(C)c2)CC1. The Hall–Kier alpha value is -0.960. The van der Waals surface area contributed by atoms with E-state index in [0.29, 0.717) is 25.7 Å². The molecule has 0 bridgehead atoms. The monoisotopic (exact) mass is 315 g/mol. The van der Waals surface area contributed by atoms with Crippen LogP contribution < -0.4 is 5.73 Å². The number of hydrogen-bond donors (Lipinski definition) is 1. The molecule has 1 aromatic heterocycles. The number of rotatable bonds is 6. The van der Waals surface area contributed by atoms with Gasteiger partial charge in [-0.2, -0.15) is 9.40 Å². The largest absolute Gasteiger partial charge is 0.329 e. The molecule has 7 nitrogen and oxygen atoms in total. The van der Waals surface area contributed by atoms with Gasteiger partial charge in [-0.25, -0.2) is 8.42 Å². The minimum absolute atomic E-state index is 0.266. The van der Waals surface area contributed by atoms with E-state index >= 15 is 0 Å². The smallest absolute Gasteiger partial charge is 0.246 e. The minimum Gasteiger partial charge on any atom is -0.329 e. The Kier molecular flexibility index (Phi) is 5.37. The summed E-state index contributed by atoms with van der Waals surface area (Å²) in [4.78, 5) is 2.57. The van der Waals surface area contributed by atoms with Crippen LogP contribution in [0.4, 0.5) is 0 Å². The highest BCUT2D eigenvalue weighted by molar-refractivity contribution is 7.89. The second-order valence-corrected chi connectivity index (χ2v) is 7.41. The minimum atomic E-state index is -3.42. The lowest BCUT2D eigenvalue weighted by Gasteiger charge is -2.38. The van der Waals surface area contributed by atoms with E-state index in [0.717, 1.165) is 25.9 Å². The zero-order chi connectivity index (χ0) is 15.5. The second kappa shape index (κ2) is 6.87. The highest BCUT2D eigenvalue weighted by Crippen LogP contribution is 2.18. The Balaban J connectivity index is 2.00. The van der Waals surface area contributed by atoms with Gasteiger partial charge < -0.3 is 5.73 Å². The highest BCUT2D eigenvalue weighted by atomic mass is 32.2. The molecule has 0 spiro atoms. The van der Waals surface area contributed by atoms with Crippen molar-refractivity contribution in [2.75, 3.05) is 32.7 Å². The Morgan fingerprint density at radius 2 is 2.00 bits per heavy atom. The van der Waals surface area contributed by atoms with Crippen molar-refractivity contribution in [1.29, 1.82) is 0 Å². The topological polar surface area (TPSA) is 84.5 Å². The summed E-state index contributed by atoms with van der Waals surface area (Å²) in [5.74, 6) is 0. The third-order valence-electron chi connectivity index (χ3n) is 4.00. The van der Waals surface area contributed by atoms with Crippen molar-refractivity contribution >= 4 is 10.0 Å². The Bertz CT molecular complexity index is 549. The van der Waals surface area contributed by atoms with Crippen LogP contribution in [0.2, 0.25) is 0 Å². The molecule has 21 heavy (non-hydrogen) atoms. The fourth-order valence-corrected chi connectivity index (χ4v) is 4.18. The number of aryl methyl sites for hydroxylation is 1. The predicted molar refractivity (Wildman–Crippen MR) is 81.3 cm³/mol. The number of aromatic nitrogens is 2. The van der Waals surface area contributed by atoms with E-state index in [1.165, 1.54) is 10.9 Å². The summed E-state index contributed by atoms with van der Waals surface area (Å²) in [5, 5.41) is 3.94. The van der Waals surface area contributed by atoms with Crippen LogP contribution in [0.25, 0.3) is 0 Å². The number of piperazine rings is 1. The van der Waals surface area contributed by atoms with Crippen LogP contribution in [0.15, 0.2) is 17.3 Å². The van der Waals surface area contributed by atoms with Crippen LogP contribution in [-0.2, 0) is 17.1 Å². The molecule has 2 N–H and O–H groups in total. The van der Waals surface area contributed by atoms with Crippen LogP contribution in [0, 0.1) is 0 Å². The molecule has 2 rings (SSSR count). The molecule has 1 unspecified atom stereocenters. The van der Waals surface area contributed by atoms with Crippen molar-refractivity contribution in [1.82, 2.24) is 19.0 Å². The van der Waals surface area contributed by atoms with Crippen LogP contribution in [0.5, 0.6) is 0 Å². The van der Waals surface area contributed by atoms with E-state index in [1.807, 2.05) is 0 Å². The summed E-state index contributed by atoms with van der Waals surface area (Å²) >= 11 is 0. The zero-order valence-corrected chi connectivity index (χ0v) is 13.6. The van der Waals surface area contributed by atoms with Crippen molar-refractivity contribution in [2.24, 2.45) is 12.8 Å². The molecular formula is C13H25N5O2S. The average Bonchev–Trinajstić information content (AvgIpc) is 2.92. The number of nitrogens with zero attached hydrogens (tertiary/aromatic N) is 4. The lowest BCUT2D eigenvalue weighted by Crippen LogP contribution is -2.53. The quantitative estimate of drug-likeness (QED) is 0.789. The van der Waals surface area contributed by atoms with Crippen molar-refractivity contribution < 1.29 is 8.42 Å². The summed E-state index contributed by atoms with van der Waals surface area (Å²) in [5.41, 5.74) is 5.82. The van der Waals surface area contributed by atoms with Gasteiger partial charge in [0.05, 0.1) is 6.20 Å². The maximum atomic E-state index is 12.5. The molecule has 1 atom stereocenters. The molecule has 0 radical (unpaired) electrons. The standard InChI is InChI=1S/C13H25N5O2S/c1-3-4-12(9-14)17-5-7-18(8-6-17)21(19,20)13-10-15-16(2)11-13/h10-12H,3-9,14H2,1-2H3. The van der Waals surface area contributed by atoms with Gasteiger partial charge in [-0.3, -0.25) is 9.58 Å². The zero-order valence-electron chi connectivity index (χ0n) is 12.8. The Morgan fingerprint density at radius 3 is 2.48 bits per heavy atom. The van der Waals surface area contributed by atoms with Crippen LogP contribution in [0.1, 0.15) is 19.8 Å². The maximum Gasteiger partial charge on any atom is 0.246 e. The molecular weight excluding hydrogens is 290 g/mol. The van der Waals surface area contributed by atoms with Crippen LogP contribution in [-0.4, -0.2) is 66.2 Å². The molecule has 8 heteroatoms. The summed E-state index contributed by atoms with van der Waals surface area (Å²) in [6.45, 7) is 5.27. The van der Waals surface area contributed by atoms with Gasteiger partial charge in [-0.1, -0.05) is 13.3 Å². The molecule has 0 aromatic carbocycles. The van der Waals surface area contributed by atoms with Crippen LogP contribution >= 0.6 is 0 Å². The predicted octanol–water partition coefficient (Wildman–Crippen LogP) is -0.146. The fourth-order valence-electron chi connectivity index (χ4n) is 2.77. The molecule has 0 amide bonds. The van der Waals surface area contributed by atoms with Gasteiger partial charge in [0.25, 0.3) is 0 Å². The molecule has 0 aliphatic carbocycles. The number of hydrogen-bond acceptors (Lipinski definition) is 5. The fraction of sp³-hybridized carbons (Fsp3) is 0.769. The van der Waals surface area contributed by atoms with Gasteiger partial charge >= 0.3 is 0 Å². The lowest BCUT2D eigenvalue weighted by molar-refractivity contribution is 0.133. The summed E-state index contributed by atoms with van der Waals surface area (Å²) in [6, 6.07) is 0.359. The Labute approximate surface area is 126 Å². The summed E-state index contributed by atoms with van der Waals surface area (Å²) < 4.78 is 28.1. The Morgan fingerprint density at radius 1 is 1.33 bits per heavy atom. The first-order valence-corrected chi connectivity index (χ1v) is 8.86. The average molecular weight is 315 g/mol. The van der Waals surface area contributed by atoms with Crippen molar-refractivity contribution in [3.63, 3.8) is 0 Å². The van der Waals surface area contributed by atoms with Crippen molar-refractivity contribution in [2.45, 2.75) is 30.7 Å². The molecule has 1 aliphatic heterocycles. The van der Waals surface area contributed by atoms with Crippen LogP contribution in [0.3, 0.4) is 0 Å². The number of nitrogens with two attached hydrogens (primary N) is 1. The summed E-state index contributed by atoms with van der Waals surface area (Å²) in [6.07, 6.45) is 5.10. The van der Waals surface area contributed by atoms with Gasteiger partial charge in [0.1, 0.15) is 4.90 Å². The van der Waals surface area contributed by atoms with Gasteiger partial charge in [-0.15, -0.1) is 0 Å². The van der Waals surface area contributed by atoms with E-state index in [2.05, 4.69) is 16.9 Å². The lowest BCUT2D eigenvalue weighted by atomic mass is 10.1. The third kappa shape index (κ3) is 3.63. The van der Waals surface area contributed by atoms with Crippen molar-refractivity contribution in [3.8, 4) is 0 Å². The second-order valence-electron chi connectivity index (χ2n) is 5.47. The maximum absolute atomic E-state index is 12.5. The third-order valence-corrected chi connectivity index (χ3v) is 5.85. The molecule has 2 heterocycles. The van der Waals surface area contributed by atoms with E-state index in [1.54, 1.807) is 17.5 Å². The molecule has 120 valence electrons. The van der Waals surface area contributed by atoms with Gasteiger partial charge in [0, 0.05) is 52.0 Å². The molecule has 1 aromatic rings. The highest BCUT2D eigenvalue weighted by Gasteiger charge is 2.31. The van der Waals surface area contributed by atoms with E-state index in [-0.39, 0.29) is 4.90 Å². The van der Waals surface area contributed by atoms with Crippen molar-refractivity contribution in [3.05, 3.63) is 12.4 Å². The van der Waals surface area contributed by atoms with E-state index in [9.17, 15) is 8.42 Å². The number of sulfonamides is 1. The summed E-state index contributed by atoms with van der Waals surface area (Å²) in [7, 11) is -1.70. The molecule has 1 fully saturated rings. The van der Waals surface area contributed by atoms with Gasteiger partial charge in [-0.05, 0) is 6.42 Å². The van der Waals surface area contributed by atoms with E-state index in [4.69, 9.17) is 5.73 Å². The first-order chi connectivity index (χ1) is 9.98. The first kappa shape index (κ1) is 16.4. The van der Waals surface area contributed by atoms with Gasteiger partial charge in [0.15, 0.2) is 0 Å². The van der Waals surface area contributed by atoms with Gasteiger partial charge in [0.2, 0.25) is 10.0 Å². The molecule has 1 aliphatic rings. The normalized spacial score (nSPS) is 19.8. The molecule has 0 saturated carbocycles.